The minimum Gasteiger partial charge on any atom is -0.302 e. The van der Waals surface area contributed by atoms with Gasteiger partial charge in [-0.05, 0) is 24.3 Å². The number of benzene rings is 1. The number of halogens is 1. The zero-order valence-electron chi connectivity index (χ0n) is 9.21. The molecule has 2 heterocycles. The van der Waals surface area contributed by atoms with E-state index in [1.165, 1.54) is 12.1 Å². The first-order valence-electron chi connectivity index (χ1n) is 5.27. The molecule has 3 rings (SSSR count). The highest BCUT2D eigenvalue weighted by atomic mass is 19.1. The molecule has 18 heavy (non-hydrogen) atoms. The van der Waals surface area contributed by atoms with Gasteiger partial charge in [0, 0.05) is 24.2 Å². The molecular formula is C13H7FN4. The lowest BCUT2D eigenvalue weighted by molar-refractivity contribution is 0.628. The number of aromatic nitrogens is 3. The molecule has 0 amide bonds. The van der Waals surface area contributed by atoms with E-state index in [0.29, 0.717) is 17.0 Å². The highest BCUT2D eigenvalue weighted by Crippen LogP contribution is 2.22. The molecule has 0 bridgehead atoms. The standard InChI is InChI=1S/C13H7FN4/c14-10-3-1-9(2-4-10)12-13-16-5-6-18(13)8-11(7-15)17-12/h1-6,8H. The van der Waals surface area contributed by atoms with Crippen LogP contribution in [0.2, 0.25) is 0 Å². The van der Waals surface area contributed by atoms with Crippen LogP contribution < -0.4 is 0 Å². The third kappa shape index (κ3) is 1.60. The van der Waals surface area contributed by atoms with Crippen molar-refractivity contribution in [1.82, 2.24) is 14.4 Å². The van der Waals surface area contributed by atoms with Crippen LogP contribution >= 0.6 is 0 Å². The van der Waals surface area contributed by atoms with E-state index in [4.69, 9.17) is 5.26 Å². The molecule has 2 aromatic heterocycles. The van der Waals surface area contributed by atoms with Crippen LogP contribution in [-0.2, 0) is 0 Å². The van der Waals surface area contributed by atoms with E-state index < -0.39 is 0 Å². The average molecular weight is 238 g/mol. The average Bonchev–Trinajstić information content (AvgIpc) is 2.86. The second kappa shape index (κ2) is 3.93. The lowest BCUT2D eigenvalue weighted by atomic mass is 10.1. The fraction of sp³-hybridized carbons (Fsp3) is 0. The molecule has 0 fully saturated rings. The van der Waals surface area contributed by atoms with Crippen LogP contribution in [0.15, 0.2) is 42.9 Å². The van der Waals surface area contributed by atoms with Crippen molar-refractivity contribution in [2.24, 2.45) is 0 Å². The monoisotopic (exact) mass is 238 g/mol. The molecule has 0 aliphatic rings. The first kappa shape index (κ1) is 10.4. The Balaban J connectivity index is 2.30. The maximum absolute atomic E-state index is 12.9. The quantitative estimate of drug-likeness (QED) is 0.654. The maximum atomic E-state index is 12.9. The van der Waals surface area contributed by atoms with Crippen LogP contribution in [0.25, 0.3) is 16.9 Å². The molecule has 0 aliphatic carbocycles. The highest BCUT2D eigenvalue weighted by Gasteiger charge is 2.09. The summed E-state index contributed by atoms with van der Waals surface area (Å²) in [6.45, 7) is 0. The van der Waals surface area contributed by atoms with Gasteiger partial charge in [-0.3, -0.25) is 0 Å². The first-order chi connectivity index (χ1) is 8.78. The van der Waals surface area contributed by atoms with Gasteiger partial charge in [0.25, 0.3) is 0 Å². The summed E-state index contributed by atoms with van der Waals surface area (Å²) < 4.78 is 14.6. The number of hydrogen-bond donors (Lipinski definition) is 0. The van der Waals surface area contributed by atoms with Crippen molar-refractivity contribution in [3.63, 3.8) is 0 Å². The molecular weight excluding hydrogens is 231 g/mol. The highest BCUT2D eigenvalue weighted by molar-refractivity contribution is 5.74. The Kier molecular flexibility index (Phi) is 2.27. The Morgan fingerprint density at radius 1 is 1.22 bits per heavy atom. The lowest BCUT2D eigenvalue weighted by Crippen LogP contribution is -1.95. The maximum Gasteiger partial charge on any atom is 0.163 e. The van der Waals surface area contributed by atoms with Crippen molar-refractivity contribution >= 4 is 5.65 Å². The second-order valence-corrected chi connectivity index (χ2v) is 3.75. The molecule has 0 saturated heterocycles. The summed E-state index contributed by atoms with van der Waals surface area (Å²) >= 11 is 0. The van der Waals surface area contributed by atoms with E-state index in [-0.39, 0.29) is 5.82 Å². The number of hydrogen-bond acceptors (Lipinski definition) is 3. The molecule has 0 aliphatic heterocycles. The molecule has 0 unspecified atom stereocenters. The first-order valence-corrected chi connectivity index (χ1v) is 5.27. The van der Waals surface area contributed by atoms with Gasteiger partial charge >= 0.3 is 0 Å². The number of imidazole rings is 1. The largest absolute Gasteiger partial charge is 0.302 e. The van der Waals surface area contributed by atoms with Gasteiger partial charge in [0.1, 0.15) is 17.6 Å². The van der Waals surface area contributed by atoms with E-state index in [1.54, 1.807) is 35.1 Å². The molecule has 0 atom stereocenters. The molecule has 5 heteroatoms. The summed E-state index contributed by atoms with van der Waals surface area (Å²) in [6, 6.07) is 7.95. The summed E-state index contributed by atoms with van der Waals surface area (Å²) in [5, 5.41) is 8.94. The van der Waals surface area contributed by atoms with Gasteiger partial charge in [0.15, 0.2) is 11.3 Å². The molecule has 3 aromatic rings. The van der Waals surface area contributed by atoms with Gasteiger partial charge in [0.05, 0.1) is 0 Å². The number of fused-ring (bicyclic) bond motifs is 1. The molecule has 0 radical (unpaired) electrons. The van der Waals surface area contributed by atoms with Crippen LogP contribution in [0.1, 0.15) is 5.69 Å². The Morgan fingerprint density at radius 2 is 2.00 bits per heavy atom. The van der Waals surface area contributed by atoms with Gasteiger partial charge in [-0.1, -0.05) is 0 Å². The third-order valence-electron chi connectivity index (χ3n) is 2.61. The van der Waals surface area contributed by atoms with Gasteiger partial charge in [-0.15, -0.1) is 0 Å². The fourth-order valence-corrected chi connectivity index (χ4v) is 1.79. The molecule has 86 valence electrons. The number of nitrogens with zero attached hydrogens (tertiary/aromatic N) is 4. The predicted octanol–water partition coefficient (Wildman–Crippen LogP) is 2.41. The zero-order chi connectivity index (χ0) is 12.5. The van der Waals surface area contributed by atoms with Crippen LogP contribution in [0.4, 0.5) is 4.39 Å². The number of nitriles is 1. The normalized spacial score (nSPS) is 10.4. The van der Waals surface area contributed by atoms with Gasteiger partial charge < -0.3 is 4.40 Å². The van der Waals surface area contributed by atoms with E-state index in [0.717, 1.165) is 5.56 Å². The van der Waals surface area contributed by atoms with Crippen LogP contribution in [0.3, 0.4) is 0 Å². The van der Waals surface area contributed by atoms with Crippen LogP contribution in [0, 0.1) is 17.1 Å². The minimum atomic E-state index is -0.311. The summed E-state index contributed by atoms with van der Waals surface area (Å²) in [6.07, 6.45) is 4.98. The SMILES string of the molecule is N#Cc1cn2ccnc2c(-c2ccc(F)cc2)n1. The molecule has 4 nitrogen and oxygen atoms in total. The molecule has 0 N–H and O–H groups in total. The zero-order valence-corrected chi connectivity index (χ0v) is 9.21. The molecule has 1 aromatic carbocycles. The second-order valence-electron chi connectivity index (χ2n) is 3.75. The van der Waals surface area contributed by atoms with Gasteiger partial charge in [0.2, 0.25) is 0 Å². The van der Waals surface area contributed by atoms with Crippen molar-refractivity contribution < 1.29 is 4.39 Å². The van der Waals surface area contributed by atoms with Crippen molar-refractivity contribution in [1.29, 1.82) is 5.26 Å². The van der Waals surface area contributed by atoms with Crippen molar-refractivity contribution in [3.05, 3.63) is 54.4 Å². The van der Waals surface area contributed by atoms with E-state index in [1.807, 2.05) is 6.07 Å². The smallest absolute Gasteiger partial charge is 0.163 e. The lowest BCUT2D eigenvalue weighted by Gasteiger charge is -2.03. The van der Waals surface area contributed by atoms with Gasteiger partial charge in [-0.25, -0.2) is 14.4 Å². The Hall–Kier alpha value is -2.74. The summed E-state index contributed by atoms with van der Waals surface area (Å²) in [7, 11) is 0. The fourth-order valence-electron chi connectivity index (χ4n) is 1.79. The Labute approximate surface area is 102 Å². The van der Waals surface area contributed by atoms with Crippen molar-refractivity contribution in [2.75, 3.05) is 0 Å². The van der Waals surface area contributed by atoms with Crippen LogP contribution in [0.5, 0.6) is 0 Å². The van der Waals surface area contributed by atoms with E-state index in [9.17, 15) is 4.39 Å². The molecule has 0 spiro atoms. The summed E-state index contributed by atoms with van der Waals surface area (Å²) in [4.78, 5) is 8.41. The predicted molar refractivity (Wildman–Crippen MR) is 63.1 cm³/mol. The third-order valence-corrected chi connectivity index (χ3v) is 2.61. The Morgan fingerprint density at radius 3 is 2.72 bits per heavy atom. The topological polar surface area (TPSA) is 54.0 Å². The number of rotatable bonds is 1. The van der Waals surface area contributed by atoms with Gasteiger partial charge in [-0.2, -0.15) is 5.26 Å². The summed E-state index contributed by atoms with van der Waals surface area (Å²) in [5.41, 5.74) is 2.23. The van der Waals surface area contributed by atoms with E-state index >= 15 is 0 Å². The molecule has 0 saturated carbocycles. The summed E-state index contributed by atoms with van der Waals surface area (Å²) in [5.74, 6) is -0.311. The minimum absolute atomic E-state index is 0.292. The Bertz CT molecular complexity index is 753. The van der Waals surface area contributed by atoms with Crippen molar-refractivity contribution in [2.45, 2.75) is 0 Å². The van der Waals surface area contributed by atoms with Crippen molar-refractivity contribution in [3.8, 4) is 17.3 Å². The van der Waals surface area contributed by atoms with Crippen LogP contribution in [-0.4, -0.2) is 14.4 Å². The van der Waals surface area contributed by atoms with E-state index in [2.05, 4.69) is 9.97 Å².